The molecule has 25 heavy (non-hydrogen) atoms. The van der Waals surface area contributed by atoms with Crippen LogP contribution in [0.1, 0.15) is 6.42 Å². The number of aromatic amines is 1. The highest BCUT2D eigenvalue weighted by Crippen LogP contribution is 2.31. The van der Waals surface area contributed by atoms with Gasteiger partial charge in [0, 0.05) is 29.0 Å². The second-order valence-corrected chi connectivity index (χ2v) is 6.79. The van der Waals surface area contributed by atoms with Crippen LogP contribution >= 0.6 is 15.9 Å². The van der Waals surface area contributed by atoms with Gasteiger partial charge in [-0.25, -0.2) is 0 Å². The summed E-state index contributed by atoms with van der Waals surface area (Å²) in [5.41, 5.74) is 1.45. The van der Waals surface area contributed by atoms with Gasteiger partial charge in [0.05, 0.1) is 23.3 Å². The van der Waals surface area contributed by atoms with Crippen molar-refractivity contribution in [2.75, 3.05) is 16.8 Å². The molecule has 1 atom stereocenters. The molecule has 0 unspecified atom stereocenters. The summed E-state index contributed by atoms with van der Waals surface area (Å²) in [5, 5.41) is 10.8. The molecule has 0 saturated carbocycles. The van der Waals surface area contributed by atoms with E-state index in [1.165, 1.54) is 0 Å². The average Bonchev–Trinajstić information content (AvgIpc) is 3.18. The number of carbonyl (C=O) groups excluding carboxylic acids is 2. The van der Waals surface area contributed by atoms with Crippen molar-refractivity contribution in [1.29, 1.82) is 0 Å². The van der Waals surface area contributed by atoms with Gasteiger partial charge in [0.15, 0.2) is 5.82 Å². The molecule has 1 fully saturated rings. The smallest absolute Gasteiger partial charge is 0.229 e. The maximum absolute atomic E-state index is 12.4. The molecule has 2 amide bonds. The van der Waals surface area contributed by atoms with E-state index in [-0.39, 0.29) is 18.2 Å². The molecule has 1 aliphatic rings. The Kier molecular flexibility index (Phi) is 3.96. The number of amides is 2. The van der Waals surface area contributed by atoms with Crippen LogP contribution in [0, 0.1) is 5.92 Å². The summed E-state index contributed by atoms with van der Waals surface area (Å²) in [6.45, 7) is 0.306. The van der Waals surface area contributed by atoms with Gasteiger partial charge in [-0.1, -0.05) is 15.9 Å². The molecule has 126 valence electrons. The third kappa shape index (κ3) is 3.00. The van der Waals surface area contributed by atoms with E-state index in [1.807, 2.05) is 18.2 Å². The summed E-state index contributed by atoms with van der Waals surface area (Å²) in [4.78, 5) is 30.4. The van der Waals surface area contributed by atoms with Crippen LogP contribution in [0.3, 0.4) is 0 Å². The fraction of sp³-hybridized carbons (Fsp3) is 0.176. The Morgan fingerprint density at radius 2 is 2.24 bits per heavy atom. The van der Waals surface area contributed by atoms with Crippen LogP contribution in [0.2, 0.25) is 0 Å². The molecule has 4 rings (SSSR count). The molecule has 3 aromatic rings. The maximum atomic E-state index is 12.4. The van der Waals surface area contributed by atoms with E-state index in [0.717, 1.165) is 15.4 Å². The van der Waals surface area contributed by atoms with Crippen LogP contribution < -0.4 is 10.2 Å². The Hall–Kier alpha value is -2.74. The summed E-state index contributed by atoms with van der Waals surface area (Å²) in [6, 6.07) is 9.20. The predicted octanol–water partition coefficient (Wildman–Crippen LogP) is 2.71. The number of halogens is 1. The van der Waals surface area contributed by atoms with E-state index in [2.05, 4.69) is 36.4 Å². The number of carbonyl (C=O) groups is 2. The number of nitrogens with zero attached hydrogens (tertiary/aromatic N) is 3. The Bertz CT molecular complexity index is 956. The van der Waals surface area contributed by atoms with Crippen molar-refractivity contribution in [2.45, 2.75) is 6.42 Å². The third-order valence-corrected chi connectivity index (χ3v) is 4.68. The highest BCUT2D eigenvalue weighted by Gasteiger charge is 2.36. The number of H-pyrrole nitrogens is 1. The van der Waals surface area contributed by atoms with E-state index in [4.69, 9.17) is 0 Å². The van der Waals surface area contributed by atoms with Crippen LogP contribution in [0.4, 0.5) is 11.5 Å². The zero-order chi connectivity index (χ0) is 17.4. The van der Waals surface area contributed by atoms with E-state index >= 15 is 0 Å². The van der Waals surface area contributed by atoms with Gasteiger partial charge in [-0.2, -0.15) is 5.10 Å². The minimum Gasteiger partial charge on any atom is -0.324 e. The number of benzene rings is 1. The maximum Gasteiger partial charge on any atom is 0.229 e. The Balaban J connectivity index is 1.54. The van der Waals surface area contributed by atoms with E-state index in [9.17, 15) is 9.59 Å². The Labute approximate surface area is 151 Å². The summed E-state index contributed by atoms with van der Waals surface area (Å²) in [5.74, 6) is -0.159. The van der Waals surface area contributed by atoms with E-state index in [0.29, 0.717) is 18.1 Å². The molecule has 8 heteroatoms. The quantitative estimate of drug-likeness (QED) is 0.708. The second kappa shape index (κ2) is 6.29. The number of hydrogen-bond donors (Lipinski definition) is 2. The first kappa shape index (κ1) is 15.8. The van der Waals surface area contributed by atoms with Gasteiger partial charge in [0.25, 0.3) is 0 Å². The SMILES string of the molecule is O=C(Nc1cccnc1)[C@H]1CC(=O)N(c2n[nH]c3cc(Br)ccc23)C1. The first-order valence-corrected chi connectivity index (χ1v) is 8.56. The lowest BCUT2D eigenvalue weighted by molar-refractivity contribution is -0.122. The lowest BCUT2D eigenvalue weighted by atomic mass is 10.1. The average molecular weight is 400 g/mol. The molecule has 1 aliphatic heterocycles. The van der Waals surface area contributed by atoms with Crippen LogP contribution in [0.5, 0.6) is 0 Å². The Morgan fingerprint density at radius 3 is 3.04 bits per heavy atom. The van der Waals surface area contributed by atoms with Crippen molar-refractivity contribution in [1.82, 2.24) is 15.2 Å². The molecule has 2 aromatic heterocycles. The molecule has 2 N–H and O–H groups in total. The Morgan fingerprint density at radius 1 is 1.36 bits per heavy atom. The fourth-order valence-electron chi connectivity index (χ4n) is 2.95. The molecule has 0 aliphatic carbocycles. The number of aromatic nitrogens is 3. The highest BCUT2D eigenvalue weighted by molar-refractivity contribution is 9.10. The zero-order valence-corrected chi connectivity index (χ0v) is 14.7. The van der Waals surface area contributed by atoms with Crippen molar-refractivity contribution in [3.63, 3.8) is 0 Å². The number of fused-ring (bicyclic) bond motifs is 1. The first-order chi connectivity index (χ1) is 12.1. The molecule has 7 nitrogen and oxygen atoms in total. The number of nitrogens with one attached hydrogen (secondary N) is 2. The number of hydrogen-bond acceptors (Lipinski definition) is 4. The highest BCUT2D eigenvalue weighted by atomic mass is 79.9. The van der Waals surface area contributed by atoms with Crippen molar-refractivity contribution in [2.24, 2.45) is 5.92 Å². The summed E-state index contributed by atoms with van der Waals surface area (Å²) >= 11 is 3.41. The second-order valence-electron chi connectivity index (χ2n) is 5.87. The molecular formula is C17H14BrN5O2. The zero-order valence-electron chi connectivity index (χ0n) is 13.1. The van der Waals surface area contributed by atoms with E-state index < -0.39 is 5.92 Å². The number of anilines is 2. The molecule has 3 heterocycles. The standard InChI is InChI=1S/C17H14BrN5O2/c18-11-3-4-13-14(7-11)21-22-16(13)23-9-10(6-15(23)24)17(25)20-12-2-1-5-19-8-12/h1-5,7-8,10H,6,9H2,(H,20,25)(H,21,22)/t10-/m0/s1. The lowest BCUT2D eigenvalue weighted by Crippen LogP contribution is -2.28. The minimum atomic E-state index is -0.421. The van der Waals surface area contributed by atoms with Gasteiger partial charge in [-0.15, -0.1) is 0 Å². The molecule has 1 saturated heterocycles. The van der Waals surface area contributed by atoms with Gasteiger partial charge in [0.1, 0.15) is 0 Å². The van der Waals surface area contributed by atoms with Crippen molar-refractivity contribution in [3.05, 3.63) is 47.2 Å². The molecule has 1 aromatic carbocycles. The molecule has 0 spiro atoms. The van der Waals surface area contributed by atoms with Gasteiger partial charge < -0.3 is 5.32 Å². The number of rotatable bonds is 3. The first-order valence-electron chi connectivity index (χ1n) is 7.77. The molecule has 0 bridgehead atoms. The summed E-state index contributed by atoms with van der Waals surface area (Å²) in [6.07, 6.45) is 3.38. The van der Waals surface area contributed by atoms with Crippen molar-refractivity contribution >= 4 is 50.2 Å². The largest absolute Gasteiger partial charge is 0.324 e. The van der Waals surface area contributed by atoms with Crippen LogP contribution in [-0.2, 0) is 9.59 Å². The normalized spacial score (nSPS) is 17.2. The van der Waals surface area contributed by atoms with Gasteiger partial charge >= 0.3 is 0 Å². The number of pyridine rings is 1. The van der Waals surface area contributed by atoms with Gasteiger partial charge in [-0.3, -0.25) is 24.6 Å². The third-order valence-electron chi connectivity index (χ3n) is 4.19. The molecular weight excluding hydrogens is 386 g/mol. The van der Waals surface area contributed by atoms with Crippen LogP contribution in [0.25, 0.3) is 10.9 Å². The monoisotopic (exact) mass is 399 g/mol. The topological polar surface area (TPSA) is 91.0 Å². The van der Waals surface area contributed by atoms with Crippen LogP contribution in [-0.4, -0.2) is 33.5 Å². The van der Waals surface area contributed by atoms with Crippen molar-refractivity contribution < 1.29 is 9.59 Å². The lowest BCUT2D eigenvalue weighted by Gasteiger charge is -2.14. The predicted molar refractivity (Wildman–Crippen MR) is 97.1 cm³/mol. The fourth-order valence-corrected chi connectivity index (χ4v) is 3.31. The van der Waals surface area contributed by atoms with Crippen molar-refractivity contribution in [3.8, 4) is 0 Å². The van der Waals surface area contributed by atoms with E-state index in [1.54, 1.807) is 29.4 Å². The van der Waals surface area contributed by atoms with Gasteiger partial charge in [0.2, 0.25) is 11.8 Å². The minimum absolute atomic E-state index is 0.109. The van der Waals surface area contributed by atoms with Crippen LogP contribution in [0.15, 0.2) is 47.2 Å². The van der Waals surface area contributed by atoms with Gasteiger partial charge in [-0.05, 0) is 30.3 Å². The molecule has 0 radical (unpaired) electrons. The summed E-state index contributed by atoms with van der Waals surface area (Å²) < 4.78 is 0.927. The summed E-state index contributed by atoms with van der Waals surface area (Å²) in [7, 11) is 0.